The van der Waals surface area contributed by atoms with E-state index in [9.17, 15) is 18.0 Å². The van der Waals surface area contributed by atoms with E-state index in [0.717, 1.165) is 39.9 Å². The summed E-state index contributed by atoms with van der Waals surface area (Å²) >= 11 is 0. The zero-order valence-electron chi connectivity index (χ0n) is 20.0. The second-order valence-corrected chi connectivity index (χ2v) is 9.00. The first-order valence-corrected chi connectivity index (χ1v) is 11.9. The van der Waals surface area contributed by atoms with Crippen LogP contribution in [0.2, 0.25) is 0 Å². The molecule has 4 aromatic rings. The predicted octanol–water partition coefficient (Wildman–Crippen LogP) is 7.29. The summed E-state index contributed by atoms with van der Waals surface area (Å²) in [6.07, 6.45) is -4.17. The van der Waals surface area contributed by atoms with Gasteiger partial charge in [-0.25, -0.2) is 0 Å². The van der Waals surface area contributed by atoms with Crippen molar-refractivity contribution in [1.29, 1.82) is 0 Å². The molecule has 0 bridgehead atoms. The summed E-state index contributed by atoms with van der Waals surface area (Å²) in [6, 6.07) is 32.8. The van der Waals surface area contributed by atoms with Gasteiger partial charge in [-0.1, -0.05) is 103 Å². The fourth-order valence-electron chi connectivity index (χ4n) is 4.62. The zero-order valence-corrected chi connectivity index (χ0v) is 20.0. The van der Waals surface area contributed by atoms with Crippen LogP contribution in [0.3, 0.4) is 0 Å². The molecular weight excluding hydrogens is 459 g/mol. The summed E-state index contributed by atoms with van der Waals surface area (Å²) in [4.78, 5) is 12.9. The number of aryl methyl sites for hydroxylation is 1. The predicted molar refractivity (Wildman–Crippen MR) is 137 cm³/mol. The van der Waals surface area contributed by atoms with Crippen molar-refractivity contribution in [2.45, 2.75) is 31.4 Å². The third-order valence-electron chi connectivity index (χ3n) is 6.35. The van der Waals surface area contributed by atoms with Gasteiger partial charge in [0.15, 0.2) is 0 Å². The molecule has 0 saturated heterocycles. The maximum atomic E-state index is 13.2. The maximum absolute atomic E-state index is 13.2. The van der Waals surface area contributed by atoms with Gasteiger partial charge < -0.3 is 5.32 Å². The lowest BCUT2D eigenvalue weighted by Crippen LogP contribution is -2.32. The third-order valence-corrected chi connectivity index (χ3v) is 6.35. The molecule has 1 amide bonds. The van der Waals surface area contributed by atoms with Crippen LogP contribution in [0.4, 0.5) is 13.2 Å². The van der Waals surface area contributed by atoms with Gasteiger partial charge in [-0.15, -0.1) is 0 Å². The van der Waals surface area contributed by atoms with Gasteiger partial charge in [-0.05, 0) is 41.3 Å². The van der Waals surface area contributed by atoms with Gasteiger partial charge >= 0.3 is 6.18 Å². The van der Waals surface area contributed by atoms with Crippen LogP contribution < -0.4 is 5.32 Å². The van der Waals surface area contributed by atoms with E-state index in [-0.39, 0.29) is 30.7 Å². The molecule has 0 heterocycles. The first-order valence-electron chi connectivity index (χ1n) is 11.9. The van der Waals surface area contributed by atoms with Gasteiger partial charge in [0.25, 0.3) is 0 Å². The number of carbonyl (C=O) groups excluding carboxylic acids is 1. The van der Waals surface area contributed by atoms with Crippen LogP contribution in [0.5, 0.6) is 0 Å². The standard InChI is InChI=1S/C31H28F3NO/c1-22-9-8-10-23(19-22)20-29(36)35-21-28(24-15-17-27(18-16-24)31(32,33)34)30(25-11-4-2-5-12-25)26-13-6-3-7-14-26/h2-19,28,30H,20-21H2,1H3,(H,35,36). The minimum atomic E-state index is -4.41. The molecule has 0 spiro atoms. The zero-order chi connectivity index (χ0) is 25.5. The van der Waals surface area contributed by atoms with E-state index in [0.29, 0.717) is 0 Å². The second-order valence-electron chi connectivity index (χ2n) is 9.00. The van der Waals surface area contributed by atoms with Crippen LogP contribution in [0, 0.1) is 6.92 Å². The van der Waals surface area contributed by atoms with Crippen molar-refractivity contribution in [3.8, 4) is 0 Å². The SMILES string of the molecule is Cc1cccc(CC(=O)NCC(c2ccc(C(F)(F)F)cc2)C(c2ccccc2)c2ccccc2)c1. The Hall–Kier alpha value is -3.86. The summed E-state index contributed by atoms with van der Waals surface area (Å²) in [5.74, 6) is -0.570. The fraction of sp³-hybridized carbons (Fsp3) is 0.194. The average Bonchev–Trinajstić information content (AvgIpc) is 2.87. The number of hydrogen-bond donors (Lipinski definition) is 1. The number of hydrogen-bond acceptors (Lipinski definition) is 1. The summed E-state index contributed by atoms with van der Waals surface area (Å²) in [5.41, 5.74) is 4.10. The molecule has 4 aromatic carbocycles. The molecule has 0 fully saturated rings. The minimum Gasteiger partial charge on any atom is -0.355 e. The van der Waals surface area contributed by atoms with E-state index < -0.39 is 11.7 Å². The Labute approximate surface area is 209 Å². The van der Waals surface area contributed by atoms with Crippen LogP contribution in [-0.4, -0.2) is 12.5 Å². The summed E-state index contributed by atoms with van der Waals surface area (Å²) in [7, 11) is 0. The van der Waals surface area contributed by atoms with Gasteiger partial charge in [0.1, 0.15) is 0 Å². The highest BCUT2D eigenvalue weighted by atomic mass is 19.4. The number of alkyl halides is 3. The van der Waals surface area contributed by atoms with Gasteiger partial charge in [0.2, 0.25) is 5.91 Å². The average molecular weight is 488 g/mol. The molecule has 5 heteroatoms. The molecule has 0 aliphatic heterocycles. The molecule has 0 radical (unpaired) electrons. The number of amides is 1. The molecule has 2 nitrogen and oxygen atoms in total. The highest BCUT2D eigenvalue weighted by Crippen LogP contribution is 2.39. The Morgan fingerprint density at radius 2 is 1.33 bits per heavy atom. The van der Waals surface area contributed by atoms with Crippen LogP contribution in [0.1, 0.15) is 45.2 Å². The summed E-state index contributed by atoms with van der Waals surface area (Å²) in [5, 5.41) is 3.05. The Bertz CT molecular complexity index is 1230. The van der Waals surface area contributed by atoms with Crippen molar-refractivity contribution in [3.63, 3.8) is 0 Å². The van der Waals surface area contributed by atoms with Crippen LogP contribution in [0.15, 0.2) is 109 Å². The van der Waals surface area contributed by atoms with Crippen molar-refractivity contribution >= 4 is 5.91 Å². The number of nitrogens with one attached hydrogen (secondary N) is 1. The lowest BCUT2D eigenvalue weighted by molar-refractivity contribution is -0.137. The van der Waals surface area contributed by atoms with E-state index in [1.165, 1.54) is 12.1 Å². The van der Waals surface area contributed by atoms with Crippen molar-refractivity contribution in [3.05, 3.63) is 143 Å². The lowest BCUT2D eigenvalue weighted by Gasteiger charge is -2.29. The van der Waals surface area contributed by atoms with E-state index >= 15 is 0 Å². The van der Waals surface area contributed by atoms with Gasteiger partial charge in [-0.2, -0.15) is 13.2 Å². The number of halogens is 3. The molecule has 1 N–H and O–H groups in total. The molecule has 1 unspecified atom stereocenters. The first kappa shape index (κ1) is 25.2. The number of benzene rings is 4. The summed E-state index contributed by atoms with van der Waals surface area (Å²) in [6.45, 7) is 2.26. The molecule has 0 aromatic heterocycles. The Morgan fingerprint density at radius 1 is 0.750 bits per heavy atom. The Balaban J connectivity index is 1.68. The van der Waals surface area contributed by atoms with Gasteiger partial charge in [0, 0.05) is 18.4 Å². The normalized spacial score (nSPS) is 12.4. The molecular formula is C31H28F3NO. The number of rotatable bonds is 8. The molecule has 4 rings (SSSR count). The molecule has 1 atom stereocenters. The van der Waals surface area contributed by atoms with Crippen LogP contribution >= 0.6 is 0 Å². The Kier molecular flexibility index (Phi) is 7.89. The maximum Gasteiger partial charge on any atom is 0.416 e. The second kappa shape index (κ2) is 11.3. The number of carbonyl (C=O) groups is 1. The minimum absolute atomic E-state index is 0.127. The molecule has 184 valence electrons. The molecule has 0 aliphatic rings. The van der Waals surface area contributed by atoms with Gasteiger partial charge in [0.05, 0.1) is 12.0 Å². The topological polar surface area (TPSA) is 29.1 Å². The Morgan fingerprint density at radius 3 is 1.86 bits per heavy atom. The van der Waals surface area contributed by atoms with Crippen molar-refractivity contribution in [2.75, 3.05) is 6.54 Å². The molecule has 0 saturated carbocycles. The van der Waals surface area contributed by atoms with Crippen molar-refractivity contribution < 1.29 is 18.0 Å². The van der Waals surface area contributed by atoms with E-state index in [4.69, 9.17) is 0 Å². The first-order chi connectivity index (χ1) is 17.3. The molecule has 36 heavy (non-hydrogen) atoms. The lowest BCUT2D eigenvalue weighted by atomic mass is 9.77. The summed E-state index contributed by atoms with van der Waals surface area (Å²) < 4.78 is 39.7. The fourth-order valence-corrected chi connectivity index (χ4v) is 4.62. The van der Waals surface area contributed by atoms with E-state index in [1.807, 2.05) is 91.9 Å². The molecule has 0 aliphatic carbocycles. The third kappa shape index (κ3) is 6.42. The van der Waals surface area contributed by atoms with Crippen molar-refractivity contribution in [2.24, 2.45) is 0 Å². The monoisotopic (exact) mass is 487 g/mol. The highest BCUT2D eigenvalue weighted by Gasteiger charge is 2.32. The largest absolute Gasteiger partial charge is 0.416 e. The van der Waals surface area contributed by atoms with E-state index in [2.05, 4.69) is 5.32 Å². The van der Waals surface area contributed by atoms with Gasteiger partial charge in [-0.3, -0.25) is 4.79 Å². The smallest absolute Gasteiger partial charge is 0.355 e. The van der Waals surface area contributed by atoms with Crippen molar-refractivity contribution in [1.82, 2.24) is 5.32 Å². The van der Waals surface area contributed by atoms with Crippen LogP contribution in [0.25, 0.3) is 0 Å². The van der Waals surface area contributed by atoms with E-state index in [1.54, 1.807) is 0 Å². The highest BCUT2D eigenvalue weighted by molar-refractivity contribution is 5.78. The van der Waals surface area contributed by atoms with Crippen LogP contribution in [-0.2, 0) is 17.4 Å². The quantitative estimate of drug-likeness (QED) is 0.278.